The maximum absolute atomic E-state index is 13.0. The molecule has 0 radical (unpaired) electrons. The number of benzene rings is 1. The van der Waals surface area contributed by atoms with E-state index in [0.29, 0.717) is 13.0 Å². The third-order valence-corrected chi connectivity index (χ3v) is 4.19. The Bertz CT molecular complexity index is 602. The van der Waals surface area contributed by atoms with E-state index in [1.165, 1.54) is 12.1 Å². The van der Waals surface area contributed by atoms with Crippen LogP contribution in [0.25, 0.3) is 0 Å². The van der Waals surface area contributed by atoms with Crippen molar-refractivity contribution in [3.8, 4) is 0 Å². The normalized spacial score (nSPS) is 15.4. The van der Waals surface area contributed by atoms with Crippen molar-refractivity contribution in [2.75, 3.05) is 19.6 Å². The summed E-state index contributed by atoms with van der Waals surface area (Å²) in [7, 11) is 0. The maximum atomic E-state index is 13.0. The van der Waals surface area contributed by atoms with Crippen molar-refractivity contribution in [1.82, 2.24) is 15.1 Å². The van der Waals surface area contributed by atoms with Crippen molar-refractivity contribution >= 4 is 17.8 Å². The van der Waals surface area contributed by atoms with Crippen LogP contribution in [0.4, 0.5) is 9.18 Å². The molecule has 1 fully saturated rings. The summed E-state index contributed by atoms with van der Waals surface area (Å²) in [5, 5.41) is 2.45. The average molecular weight is 335 g/mol. The average Bonchev–Trinajstić information content (AvgIpc) is 2.88. The lowest BCUT2D eigenvalue weighted by molar-refractivity contribution is -0.133. The number of urea groups is 1. The van der Waals surface area contributed by atoms with Crippen LogP contribution in [-0.2, 0) is 9.59 Å². The fraction of sp³-hybridized carbons (Fsp3) is 0.471. The Kier molecular flexibility index (Phi) is 5.89. The Balaban J connectivity index is 1.90. The van der Waals surface area contributed by atoms with Crippen LogP contribution in [0.15, 0.2) is 24.3 Å². The van der Waals surface area contributed by atoms with Crippen LogP contribution in [0.1, 0.15) is 38.3 Å². The summed E-state index contributed by atoms with van der Waals surface area (Å²) in [4.78, 5) is 38.2. The summed E-state index contributed by atoms with van der Waals surface area (Å²) in [5.74, 6) is -0.630. The van der Waals surface area contributed by atoms with Gasteiger partial charge in [-0.15, -0.1) is 0 Å². The van der Waals surface area contributed by atoms with Gasteiger partial charge in [0.2, 0.25) is 11.8 Å². The van der Waals surface area contributed by atoms with Gasteiger partial charge >= 0.3 is 6.03 Å². The molecule has 2 rings (SSSR count). The molecule has 1 unspecified atom stereocenters. The number of nitrogens with one attached hydrogen (secondary N) is 1. The molecule has 0 aliphatic carbocycles. The van der Waals surface area contributed by atoms with Crippen molar-refractivity contribution in [3.63, 3.8) is 0 Å². The minimum absolute atomic E-state index is 0.0233. The van der Waals surface area contributed by atoms with E-state index in [1.807, 2.05) is 13.8 Å². The highest BCUT2D eigenvalue weighted by atomic mass is 19.1. The Labute approximate surface area is 140 Å². The molecule has 1 saturated heterocycles. The maximum Gasteiger partial charge on any atom is 0.324 e. The first-order valence-corrected chi connectivity index (χ1v) is 8.07. The second kappa shape index (κ2) is 7.90. The molecule has 0 aromatic heterocycles. The standard InChI is InChI=1S/C17H22FN3O3/c1-3-20(12(2)13-6-8-14(18)9-7-13)15(22)5-4-10-21-16(23)11-19-17(21)24/h6-9,12H,3-5,10-11H2,1-2H3,(H,19,24). The lowest BCUT2D eigenvalue weighted by atomic mass is 10.1. The number of rotatable bonds is 7. The monoisotopic (exact) mass is 335 g/mol. The molecule has 6 nitrogen and oxygen atoms in total. The smallest absolute Gasteiger partial charge is 0.324 e. The second-order valence-electron chi connectivity index (χ2n) is 5.71. The summed E-state index contributed by atoms with van der Waals surface area (Å²) in [6.07, 6.45) is 0.668. The van der Waals surface area contributed by atoms with Crippen LogP contribution in [0.5, 0.6) is 0 Å². The van der Waals surface area contributed by atoms with Gasteiger partial charge in [-0.1, -0.05) is 12.1 Å². The third kappa shape index (κ3) is 4.10. The number of carbonyl (C=O) groups is 3. The SMILES string of the molecule is CCN(C(=O)CCCN1C(=O)CNC1=O)C(C)c1ccc(F)cc1. The van der Waals surface area contributed by atoms with Crippen LogP contribution in [0, 0.1) is 5.82 Å². The number of hydrogen-bond acceptors (Lipinski definition) is 3. The summed E-state index contributed by atoms with van der Waals surface area (Å²) in [6, 6.07) is 5.52. The van der Waals surface area contributed by atoms with Crippen molar-refractivity contribution in [3.05, 3.63) is 35.6 Å². The highest BCUT2D eigenvalue weighted by Crippen LogP contribution is 2.21. The van der Waals surface area contributed by atoms with Crippen LogP contribution >= 0.6 is 0 Å². The van der Waals surface area contributed by atoms with Gasteiger partial charge in [-0.05, 0) is 38.0 Å². The molecule has 1 aromatic carbocycles. The topological polar surface area (TPSA) is 69.7 Å². The Morgan fingerprint density at radius 1 is 1.33 bits per heavy atom. The number of hydrogen-bond donors (Lipinski definition) is 1. The molecule has 0 bridgehead atoms. The Morgan fingerprint density at radius 2 is 2.00 bits per heavy atom. The number of carbonyl (C=O) groups excluding carboxylic acids is 3. The van der Waals surface area contributed by atoms with E-state index >= 15 is 0 Å². The molecule has 0 saturated carbocycles. The molecule has 1 aliphatic rings. The number of halogens is 1. The number of nitrogens with zero attached hydrogens (tertiary/aromatic N) is 2. The van der Waals surface area contributed by atoms with Gasteiger partial charge in [0.1, 0.15) is 5.82 Å². The van der Waals surface area contributed by atoms with E-state index in [0.717, 1.165) is 10.5 Å². The van der Waals surface area contributed by atoms with Crippen molar-refractivity contribution in [1.29, 1.82) is 0 Å². The molecule has 7 heteroatoms. The zero-order chi connectivity index (χ0) is 17.7. The molecule has 1 N–H and O–H groups in total. The molecule has 130 valence electrons. The van der Waals surface area contributed by atoms with E-state index in [-0.39, 0.29) is 43.2 Å². The molecular weight excluding hydrogens is 313 g/mol. The minimum atomic E-state index is -0.403. The van der Waals surface area contributed by atoms with Gasteiger partial charge in [-0.25, -0.2) is 9.18 Å². The van der Waals surface area contributed by atoms with Gasteiger partial charge in [0.05, 0.1) is 12.6 Å². The quantitative estimate of drug-likeness (QED) is 0.776. The predicted molar refractivity (Wildman–Crippen MR) is 86.5 cm³/mol. The lowest BCUT2D eigenvalue weighted by Gasteiger charge is -2.28. The Morgan fingerprint density at radius 3 is 2.54 bits per heavy atom. The van der Waals surface area contributed by atoms with E-state index in [1.54, 1.807) is 17.0 Å². The van der Waals surface area contributed by atoms with Gasteiger partial charge < -0.3 is 10.2 Å². The summed E-state index contributed by atoms with van der Waals surface area (Å²) < 4.78 is 13.0. The van der Waals surface area contributed by atoms with Gasteiger partial charge in [-0.3, -0.25) is 14.5 Å². The zero-order valence-electron chi connectivity index (χ0n) is 13.9. The van der Waals surface area contributed by atoms with Crippen LogP contribution in [0.3, 0.4) is 0 Å². The van der Waals surface area contributed by atoms with Crippen molar-refractivity contribution in [2.45, 2.75) is 32.7 Å². The van der Waals surface area contributed by atoms with Gasteiger partial charge in [0.15, 0.2) is 0 Å². The zero-order valence-corrected chi connectivity index (χ0v) is 13.9. The molecule has 24 heavy (non-hydrogen) atoms. The van der Waals surface area contributed by atoms with E-state index < -0.39 is 6.03 Å². The second-order valence-corrected chi connectivity index (χ2v) is 5.71. The predicted octanol–water partition coefficient (Wildman–Crippen LogP) is 2.07. The molecule has 4 amide bonds. The third-order valence-electron chi connectivity index (χ3n) is 4.19. The highest BCUT2D eigenvalue weighted by Gasteiger charge is 2.28. The number of imide groups is 1. The molecule has 0 spiro atoms. The number of amides is 4. The Hall–Kier alpha value is -2.44. The molecule has 1 heterocycles. The summed E-state index contributed by atoms with van der Waals surface area (Å²) in [5.41, 5.74) is 0.862. The molecule has 1 aromatic rings. The van der Waals surface area contributed by atoms with Gasteiger partial charge in [0, 0.05) is 19.5 Å². The van der Waals surface area contributed by atoms with Crippen molar-refractivity contribution in [2.24, 2.45) is 0 Å². The van der Waals surface area contributed by atoms with Crippen LogP contribution in [-0.4, -0.2) is 47.3 Å². The van der Waals surface area contributed by atoms with Gasteiger partial charge in [-0.2, -0.15) is 0 Å². The van der Waals surface area contributed by atoms with E-state index in [9.17, 15) is 18.8 Å². The molecule has 1 atom stereocenters. The minimum Gasteiger partial charge on any atom is -0.336 e. The van der Waals surface area contributed by atoms with E-state index in [2.05, 4.69) is 5.32 Å². The largest absolute Gasteiger partial charge is 0.336 e. The first-order chi connectivity index (χ1) is 11.4. The van der Waals surface area contributed by atoms with Crippen LogP contribution in [0.2, 0.25) is 0 Å². The van der Waals surface area contributed by atoms with Gasteiger partial charge in [0.25, 0.3) is 0 Å². The fourth-order valence-corrected chi connectivity index (χ4v) is 2.80. The lowest BCUT2D eigenvalue weighted by Crippen LogP contribution is -2.35. The summed E-state index contributed by atoms with van der Waals surface area (Å²) in [6.45, 7) is 4.57. The fourth-order valence-electron chi connectivity index (χ4n) is 2.80. The van der Waals surface area contributed by atoms with Crippen LogP contribution < -0.4 is 5.32 Å². The summed E-state index contributed by atoms with van der Waals surface area (Å²) >= 11 is 0. The first-order valence-electron chi connectivity index (χ1n) is 8.07. The molecular formula is C17H22FN3O3. The van der Waals surface area contributed by atoms with E-state index in [4.69, 9.17) is 0 Å². The first kappa shape index (κ1) is 17.9. The highest BCUT2D eigenvalue weighted by molar-refractivity contribution is 6.01. The molecule has 1 aliphatic heterocycles. The van der Waals surface area contributed by atoms with Crippen molar-refractivity contribution < 1.29 is 18.8 Å².